The van der Waals surface area contributed by atoms with Crippen molar-refractivity contribution in [1.29, 1.82) is 0 Å². The van der Waals surface area contributed by atoms with E-state index in [0.717, 1.165) is 16.4 Å². The van der Waals surface area contributed by atoms with Crippen LogP contribution in [0.25, 0.3) is 10.1 Å². The molecule has 0 unspecified atom stereocenters. The van der Waals surface area contributed by atoms with E-state index in [9.17, 15) is 4.79 Å². The SMILES string of the molecule is C#Cc1nsc2cncc(C=O)c12. The van der Waals surface area contributed by atoms with Crippen LogP contribution in [0.1, 0.15) is 16.1 Å². The molecule has 0 aromatic carbocycles. The van der Waals surface area contributed by atoms with Crippen molar-refractivity contribution >= 4 is 27.9 Å². The fraction of sp³-hybridized carbons (Fsp3) is 0. The van der Waals surface area contributed by atoms with Crippen molar-refractivity contribution in [2.24, 2.45) is 0 Å². The summed E-state index contributed by atoms with van der Waals surface area (Å²) in [6, 6.07) is 0. The first-order valence-electron chi connectivity index (χ1n) is 3.52. The molecule has 0 spiro atoms. The lowest BCUT2D eigenvalue weighted by atomic mass is 10.2. The van der Waals surface area contributed by atoms with Crippen LogP contribution < -0.4 is 0 Å². The minimum atomic E-state index is 0.499. The van der Waals surface area contributed by atoms with Crippen LogP contribution in [0.3, 0.4) is 0 Å². The lowest BCUT2D eigenvalue weighted by Gasteiger charge is -1.91. The number of aldehydes is 1. The van der Waals surface area contributed by atoms with Gasteiger partial charge in [-0.1, -0.05) is 0 Å². The molecule has 0 bridgehead atoms. The van der Waals surface area contributed by atoms with Gasteiger partial charge in [0.2, 0.25) is 0 Å². The first kappa shape index (κ1) is 7.90. The third kappa shape index (κ3) is 1.10. The standard InChI is InChI=1S/C9H4N2OS/c1-2-7-9-6(5-12)3-10-4-8(9)13-11-7/h1,3-5H. The molecule has 0 N–H and O–H groups in total. The molecule has 0 aliphatic heterocycles. The number of hydrogen-bond acceptors (Lipinski definition) is 4. The summed E-state index contributed by atoms with van der Waals surface area (Å²) in [5.74, 6) is 2.44. The number of pyridine rings is 1. The highest BCUT2D eigenvalue weighted by Gasteiger charge is 2.08. The second-order valence-corrected chi connectivity index (χ2v) is 3.20. The summed E-state index contributed by atoms with van der Waals surface area (Å²) >= 11 is 1.25. The molecule has 0 saturated heterocycles. The topological polar surface area (TPSA) is 42.9 Å². The minimum Gasteiger partial charge on any atom is -0.298 e. The van der Waals surface area contributed by atoms with E-state index in [1.54, 1.807) is 6.20 Å². The summed E-state index contributed by atoms with van der Waals surface area (Å²) in [6.07, 6.45) is 9.13. The predicted octanol–water partition coefficient (Wildman–Crippen LogP) is 1.49. The highest BCUT2D eigenvalue weighted by atomic mass is 32.1. The average Bonchev–Trinajstić information content (AvgIpc) is 2.60. The molecule has 0 fully saturated rings. The molecule has 4 heteroatoms. The Labute approximate surface area is 78.6 Å². The second-order valence-electron chi connectivity index (χ2n) is 2.40. The van der Waals surface area contributed by atoms with Gasteiger partial charge in [-0.25, -0.2) is 0 Å². The van der Waals surface area contributed by atoms with Crippen molar-refractivity contribution in [2.75, 3.05) is 0 Å². The molecule has 0 atom stereocenters. The van der Waals surface area contributed by atoms with Gasteiger partial charge in [0, 0.05) is 23.3 Å². The number of aromatic nitrogens is 2. The maximum Gasteiger partial charge on any atom is 0.152 e. The molecular weight excluding hydrogens is 184 g/mol. The number of terminal acetylenes is 1. The van der Waals surface area contributed by atoms with Crippen LogP contribution >= 0.6 is 11.5 Å². The maximum atomic E-state index is 10.7. The van der Waals surface area contributed by atoms with Crippen molar-refractivity contribution in [2.45, 2.75) is 0 Å². The molecule has 0 aliphatic carbocycles. The predicted molar refractivity (Wildman–Crippen MR) is 50.7 cm³/mol. The Bertz CT molecular complexity index is 510. The van der Waals surface area contributed by atoms with Gasteiger partial charge >= 0.3 is 0 Å². The molecule has 2 aromatic rings. The number of rotatable bonds is 1. The number of carbonyl (C=O) groups excluding carboxylic acids is 1. The number of fused-ring (bicyclic) bond motifs is 1. The Balaban J connectivity index is 2.93. The van der Waals surface area contributed by atoms with Gasteiger partial charge in [0.25, 0.3) is 0 Å². The fourth-order valence-corrected chi connectivity index (χ4v) is 1.86. The number of carbonyl (C=O) groups is 1. The van der Waals surface area contributed by atoms with E-state index in [4.69, 9.17) is 6.42 Å². The van der Waals surface area contributed by atoms with Crippen molar-refractivity contribution < 1.29 is 4.79 Å². The zero-order valence-corrected chi connectivity index (χ0v) is 7.34. The second kappa shape index (κ2) is 2.96. The normalized spacial score (nSPS) is 9.77. The molecule has 13 heavy (non-hydrogen) atoms. The molecule has 0 saturated carbocycles. The molecule has 2 heterocycles. The zero-order chi connectivity index (χ0) is 9.26. The monoisotopic (exact) mass is 188 g/mol. The minimum absolute atomic E-state index is 0.499. The Hall–Kier alpha value is -1.73. The molecule has 2 rings (SSSR count). The molecule has 2 aromatic heterocycles. The lowest BCUT2D eigenvalue weighted by Crippen LogP contribution is -1.84. The highest BCUT2D eigenvalue weighted by Crippen LogP contribution is 2.23. The van der Waals surface area contributed by atoms with Gasteiger partial charge in [-0.05, 0) is 17.5 Å². The molecule has 3 nitrogen and oxygen atoms in total. The summed E-state index contributed by atoms with van der Waals surface area (Å²) < 4.78 is 4.87. The Morgan fingerprint density at radius 2 is 2.38 bits per heavy atom. The number of hydrogen-bond donors (Lipinski definition) is 0. The Morgan fingerprint density at radius 1 is 1.54 bits per heavy atom. The van der Waals surface area contributed by atoms with Crippen LogP contribution in [0.15, 0.2) is 12.4 Å². The zero-order valence-electron chi connectivity index (χ0n) is 6.52. The van der Waals surface area contributed by atoms with Gasteiger partial charge in [0.05, 0.1) is 4.70 Å². The average molecular weight is 188 g/mol. The molecule has 0 amide bonds. The molecule has 0 aliphatic rings. The third-order valence-electron chi connectivity index (χ3n) is 1.68. The molecule has 0 radical (unpaired) electrons. The van der Waals surface area contributed by atoms with Crippen LogP contribution in [0.5, 0.6) is 0 Å². The largest absolute Gasteiger partial charge is 0.298 e. The van der Waals surface area contributed by atoms with Crippen LogP contribution in [-0.4, -0.2) is 15.6 Å². The molecular formula is C9H4N2OS. The summed E-state index contributed by atoms with van der Waals surface area (Å²) in [4.78, 5) is 14.6. The van der Waals surface area contributed by atoms with Gasteiger partial charge in [0.1, 0.15) is 5.69 Å². The fourth-order valence-electron chi connectivity index (χ4n) is 1.11. The van der Waals surface area contributed by atoms with Crippen LogP contribution in [0.4, 0.5) is 0 Å². The highest BCUT2D eigenvalue weighted by molar-refractivity contribution is 7.13. The van der Waals surface area contributed by atoms with Gasteiger partial charge in [-0.2, -0.15) is 4.37 Å². The van der Waals surface area contributed by atoms with Crippen LogP contribution in [0, 0.1) is 12.3 Å². The van der Waals surface area contributed by atoms with E-state index in [0.29, 0.717) is 11.3 Å². The van der Waals surface area contributed by atoms with E-state index in [-0.39, 0.29) is 0 Å². The van der Waals surface area contributed by atoms with Crippen molar-refractivity contribution in [1.82, 2.24) is 9.36 Å². The van der Waals surface area contributed by atoms with Crippen LogP contribution in [0.2, 0.25) is 0 Å². The van der Waals surface area contributed by atoms with E-state index in [1.165, 1.54) is 17.7 Å². The Morgan fingerprint density at radius 3 is 3.08 bits per heavy atom. The summed E-state index contributed by atoms with van der Waals surface area (Å²) in [7, 11) is 0. The maximum absolute atomic E-state index is 10.7. The van der Waals surface area contributed by atoms with E-state index in [1.807, 2.05) is 0 Å². The van der Waals surface area contributed by atoms with Crippen molar-refractivity contribution in [3.05, 3.63) is 23.7 Å². The number of nitrogens with zero attached hydrogens (tertiary/aromatic N) is 2. The summed E-state index contributed by atoms with van der Waals surface area (Å²) in [5, 5.41) is 0.734. The first-order chi connectivity index (χ1) is 6.36. The summed E-state index contributed by atoms with van der Waals surface area (Å²) in [6.45, 7) is 0. The van der Waals surface area contributed by atoms with E-state index < -0.39 is 0 Å². The van der Waals surface area contributed by atoms with E-state index in [2.05, 4.69) is 15.3 Å². The third-order valence-corrected chi connectivity index (χ3v) is 2.46. The summed E-state index contributed by atoms with van der Waals surface area (Å²) in [5.41, 5.74) is 1.02. The van der Waals surface area contributed by atoms with Crippen molar-refractivity contribution in [3.8, 4) is 12.3 Å². The van der Waals surface area contributed by atoms with Crippen molar-refractivity contribution in [3.63, 3.8) is 0 Å². The Kier molecular flexibility index (Phi) is 1.80. The smallest absolute Gasteiger partial charge is 0.152 e. The van der Waals surface area contributed by atoms with Gasteiger partial charge in [-0.3, -0.25) is 9.78 Å². The quantitative estimate of drug-likeness (QED) is 0.503. The molecule has 62 valence electrons. The van der Waals surface area contributed by atoms with Gasteiger partial charge < -0.3 is 0 Å². The van der Waals surface area contributed by atoms with Gasteiger partial charge in [-0.15, -0.1) is 6.42 Å². The lowest BCUT2D eigenvalue weighted by molar-refractivity contribution is 0.112. The van der Waals surface area contributed by atoms with E-state index >= 15 is 0 Å². The van der Waals surface area contributed by atoms with Crippen LogP contribution in [-0.2, 0) is 0 Å². The van der Waals surface area contributed by atoms with Gasteiger partial charge in [0.15, 0.2) is 6.29 Å². The first-order valence-corrected chi connectivity index (χ1v) is 4.29.